The number of hydrogen-bond donors (Lipinski definition) is 1. The lowest BCUT2D eigenvalue weighted by atomic mass is 9.87. The second-order valence-electron chi connectivity index (χ2n) is 8.11. The lowest BCUT2D eigenvalue weighted by Gasteiger charge is -2.21. The first-order valence-electron chi connectivity index (χ1n) is 11.0. The zero-order valence-corrected chi connectivity index (χ0v) is 18.1. The summed E-state index contributed by atoms with van der Waals surface area (Å²) in [5.41, 5.74) is 2.09. The number of rotatable bonds is 6. The van der Waals surface area contributed by atoms with Crippen LogP contribution in [0.4, 0.5) is 5.82 Å². The van der Waals surface area contributed by atoms with Gasteiger partial charge in [0, 0.05) is 11.8 Å². The molecule has 7 heteroatoms. The van der Waals surface area contributed by atoms with Gasteiger partial charge in [0.15, 0.2) is 11.6 Å². The van der Waals surface area contributed by atoms with E-state index in [9.17, 15) is 9.59 Å². The Kier molecular flexibility index (Phi) is 6.30. The highest BCUT2D eigenvalue weighted by Gasteiger charge is 2.24. The van der Waals surface area contributed by atoms with Gasteiger partial charge in [-0.15, -0.1) is 0 Å². The molecule has 1 aromatic carbocycles. The normalized spacial score (nSPS) is 14.5. The van der Waals surface area contributed by atoms with Crippen molar-refractivity contribution in [1.82, 2.24) is 14.8 Å². The van der Waals surface area contributed by atoms with Crippen LogP contribution in [0, 0.1) is 12.8 Å². The van der Waals surface area contributed by atoms with Crippen LogP contribution < -0.4 is 5.32 Å². The summed E-state index contributed by atoms with van der Waals surface area (Å²) >= 11 is 0. The number of aromatic nitrogens is 3. The number of ether oxygens (including phenoxy) is 1. The van der Waals surface area contributed by atoms with Crippen molar-refractivity contribution in [3.63, 3.8) is 0 Å². The van der Waals surface area contributed by atoms with Crippen molar-refractivity contribution in [1.29, 1.82) is 0 Å². The van der Waals surface area contributed by atoms with Gasteiger partial charge in [-0.1, -0.05) is 37.5 Å². The summed E-state index contributed by atoms with van der Waals surface area (Å²) in [6, 6.07) is 9.75. The molecule has 0 bridgehead atoms. The van der Waals surface area contributed by atoms with E-state index in [1.165, 1.54) is 30.1 Å². The Morgan fingerprint density at radius 2 is 1.97 bits per heavy atom. The molecule has 2 heterocycles. The number of pyridine rings is 1. The van der Waals surface area contributed by atoms with Crippen LogP contribution in [0.2, 0.25) is 0 Å². The van der Waals surface area contributed by atoms with Crippen molar-refractivity contribution in [3.05, 3.63) is 47.7 Å². The molecule has 1 saturated carbocycles. The first kappa shape index (κ1) is 21.0. The van der Waals surface area contributed by atoms with Gasteiger partial charge < -0.3 is 10.1 Å². The van der Waals surface area contributed by atoms with Crippen molar-refractivity contribution in [3.8, 4) is 5.82 Å². The molecule has 4 rings (SSSR count). The standard InChI is InChI=1S/C24H28N4O3/c1-3-31-24(30)19-15-25-28(21-13-16(2)18-11-7-8-12-20(18)26-21)23(19)27-22(29)14-17-9-5-4-6-10-17/h7-8,11-13,15,17H,3-6,9-10,14H2,1-2H3,(H,27,29). The van der Waals surface area contributed by atoms with Crippen LogP contribution in [0.15, 0.2) is 36.5 Å². The molecule has 1 N–H and O–H groups in total. The van der Waals surface area contributed by atoms with E-state index in [1.807, 2.05) is 37.3 Å². The molecule has 1 aliphatic carbocycles. The largest absolute Gasteiger partial charge is 0.462 e. The molecular formula is C24H28N4O3. The smallest absolute Gasteiger partial charge is 0.343 e. The minimum atomic E-state index is -0.515. The summed E-state index contributed by atoms with van der Waals surface area (Å²) in [4.78, 5) is 30.1. The SMILES string of the molecule is CCOC(=O)c1cnn(-c2cc(C)c3ccccc3n2)c1NC(=O)CC1CCCCC1. The minimum Gasteiger partial charge on any atom is -0.462 e. The lowest BCUT2D eigenvalue weighted by molar-refractivity contribution is -0.117. The zero-order chi connectivity index (χ0) is 21.8. The van der Waals surface area contributed by atoms with E-state index in [1.54, 1.807) is 6.92 Å². The zero-order valence-electron chi connectivity index (χ0n) is 18.1. The molecule has 1 amide bonds. The van der Waals surface area contributed by atoms with Crippen LogP contribution in [0.5, 0.6) is 0 Å². The van der Waals surface area contributed by atoms with Crippen molar-refractivity contribution >= 4 is 28.6 Å². The molecule has 31 heavy (non-hydrogen) atoms. The number of carbonyl (C=O) groups is 2. The van der Waals surface area contributed by atoms with Gasteiger partial charge in [0.25, 0.3) is 0 Å². The molecule has 2 aromatic heterocycles. The number of amides is 1. The summed E-state index contributed by atoms with van der Waals surface area (Å²) in [5.74, 6) is 0.606. The average molecular weight is 421 g/mol. The van der Waals surface area contributed by atoms with Crippen LogP contribution in [0.25, 0.3) is 16.7 Å². The number of fused-ring (bicyclic) bond motifs is 1. The highest BCUT2D eigenvalue weighted by Crippen LogP contribution is 2.28. The maximum Gasteiger partial charge on any atom is 0.343 e. The molecule has 0 aliphatic heterocycles. The maximum absolute atomic E-state index is 12.8. The monoisotopic (exact) mass is 420 g/mol. The van der Waals surface area contributed by atoms with Crippen LogP contribution in [-0.2, 0) is 9.53 Å². The number of esters is 1. The number of nitrogens with zero attached hydrogens (tertiary/aromatic N) is 3. The van der Waals surface area contributed by atoms with E-state index in [-0.39, 0.29) is 18.1 Å². The number of para-hydroxylation sites is 1. The quantitative estimate of drug-likeness (QED) is 0.578. The lowest BCUT2D eigenvalue weighted by Crippen LogP contribution is -2.21. The maximum atomic E-state index is 12.8. The van der Waals surface area contributed by atoms with Gasteiger partial charge in [0.1, 0.15) is 5.56 Å². The third-order valence-corrected chi connectivity index (χ3v) is 5.85. The molecule has 3 aromatic rings. The van der Waals surface area contributed by atoms with E-state index < -0.39 is 5.97 Å². The summed E-state index contributed by atoms with van der Waals surface area (Å²) < 4.78 is 6.70. The Labute approximate surface area is 181 Å². The van der Waals surface area contributed by atoms with Crippen molar-refractivity contribution < 1.29 is 14.3 Å². The Morgan fingerprint density at radius 3 is 2.74 bits per heavy atom. The molecule has 0 radical (unpaired) electrons. The fourth-order valence-corrected chi connectivity index (χ4v) is 4.28. The Morgan fingerprint density at radius 1 is 1.19 bits per heavy atom. The molecule has 1 fully saturated rings. The fraction of sp³-hybridized carbons (Fsp3) is 0.417. The van der Waals surface area contributed by atoms with E-state index in [4.69, 9.17) is 9.72 Å². The van der Waals surface area contributed by atoms with Gasteiger partial charge in [0.2, 0.25) is 5.91 Å². The second-order valence-corrected chi connectivity index (χ2v) is 8.11. The van der Waals surface area contributed by atoms with Crippen LogP contribution in [-0.4, -0.2) is 33.2 Å². The number of anilines is 1. The number of benzene rings is 1. The molecule has 1 aliphatic rings. The molecule has 7 nitrogen and oxygen atoms in total. The Balaban J connectivity index is 1.69. The number of hydrogen-bond acceptors (Lipinski definition) is 5. The highest BCUT2D eigenvalue weighted by molar-refractivity contribution is 6.00. The molecule has 0 spiro atoms. The van der Waals surface area contributed by atoms with E-state index in [0.717, 1.165) is 29.3 Å². The summed E-state index contributed by atoms with van der Waals surface area (Å²) in [6.07, 6.45) is 7.60. The van der Waals surface area contributed by atoms with E-state index in [0.29, 0.717) is 24.0 Å². The number of aryl methyl sites for hydroxylation is 1. The first-order chi connectivity index (χ1) is 15.1. The highest BCUT2D eigenvalue weighted by atomic mass is 16.5. The van der Waals surface area contributed by atoms with Crippen molar-refractivity contribution in [2.45, 2.75) is 52.4 Å². The van der Waals surface area contributed by atoms with Crippen molar-refractivity contribution in [2.24, 2.45) is 5.92 Å². The van der Waals surface area contributed by atoms with Gasteiger partial charge in [-0.2, -0.15) is 9.78 Å². The minimum absolute atomic E-state index is 0.114. The van der Waals surface area contributed by atoms with Crippen LogP contribution >= 0.6 is 0 Å². The Bertz CT molecular complexity index is 1100. The molecular weight excluding hydrogens is 392 g/mol. The second kappa shape index (κ2) is 9.29. The molecule has 0 atom stereocenters. The summed E-state index contributed by atoms with van der Waals surface area (Å²) in [7, 11) is 0. The van der Waals surface area contributed by atoms with Gasteiger partial charge in [0.05, 0.1) is 18.3 Å². The van der Waals surface area contributed by atoms with Gasteiger partial charge in [-0.25, -0.2) is 9.78 Å². The predicted octanol–water partition coefficient (Wildman–Crippen LogP) is 4.81. The third-order valence-electron chi connectivity index (χ3n) is 5.85. The van der Waals surface area contributed by atoms with Crippen LogP contribution in [0.3, 0.4) is 0 Å². The first-order valence-corrected chi connectivity index (χ1v) is 11.0. The summed E-state index contributed by atoms with van der Waals surface area (Å²) in [5, 5.41) is 8.36. The molecule has 162 valence electrons. The van der Waals surface area contributed by atoms with Gasteiger partial charge in [-0.3, -0.25) is 4.79 Å². The average Bonchev–Trinajstić information content (AvgIpc) is 3.18. The number of nitrogens with one attached hydrogen (secondary N) is 1. The fourth-order valence-electron chi connectivity index (χ4n) is 4.28. The molecule has 0 saturated heterocycles. The third kappa shape index (κ3) is 4.60. The number of carbonyl (C=O) groups excluding carboxylic acids is 2. The Hall–Kier alpha value is -3.22. The molecule has 0 unspecified atom stereocenters. The van der Waals surface area contributed by atoms with E-state index >= 15 is 0 Å². The van der Waals surface area contributed by atoms with Crippen LogP contribution in [0.1, 0.15) is 61.4 Å². The topological polar surface area (TPSA) is 86.1 Å². The van der Waals surface area contributed by atoms with Gasteiger partial charge >= 0.3 is 5.97 Å². The van der Waals surface area contributed by atoms with Crippen molar-refractivity contribution in [2.75, 3.05) is 11.9 Å². The van der Waals surface area contributed by atoms with E-state index in [2.05, 4.69) is 10.4 Å². The van der Waals surface area contributed by atoms with Gasteiger partial charge in [-0.05, 0) is 50.3 Å². The predicted molar refractivity (Wildman–Crippen MR) is 119 cm³/mol. The summed E-state index contributed by atoms with van der Waals surface area (Å²) in [6.45, 7) is 4.00.